The fraction of sp³-hybridized carbons (Fsp3) is 0.455. The number of halogens is 1. The lowest BCUT2D eigenvalue weighted by atomic mass is 10.0. The van der Waals surface area contributed by atoms with Crippen molar-refractivity contribution in [3.8, 4) is 0 Å². The quantitative estimate of drug-likeness (QED) is 0.727. The number of hydrogen-bond acceptors (Lipinski definition) is 4. The van der Waals surface area contributed by atoms with Gasteiger partial charge in [-0.3, -0.25) is 14.5 Å². The van der Waals surface area contributed by atoms with Crippen LogP contribution in [0.2, 0.25) is 4.34 Å². The zero-order chi connectivity index (χ0) is 20.8. The van der Waals surface area contributed by atoms with Crippen molar-refractivity contribution < 1.29 is 9.59 Å². The second kappa shape index (κ2) is 10.2. The summed E-state index contributed by atoms with van der Waals surface area (Å²) < 4.78 is 0.805. The van der Waals surface area contributed by atoms with Crippen LogP contribution in [0.1, 0.15) is 24.3 Å². The highest BCUT2D eigenvalue weighted by Crippen LogP contribution is 2.23. The Morgan fingerprint density at radius 3 is 2.34 bits per heavy atom. The fourth-order valence-corrected chi connectivity index (χ4v) is 4.63. The Balaban J connectivity index is 1.52. The van der Waals surface area contributed by atoms with Gasteiger partial charge < -0.3 is 10.2 Å². The zero-order valence-electron chi connectivity index (χ0n) is 16.9. The van der Waals surface area contributed by atoms with Gasteiger partial charge >= 0.3 is 0 Å². The molecule has 2 aromatic rings. The van der Waals surface area contributed by atoms with Gasteiger partial charge in [0, 0.05) is 37.6 Å². The van der Waals surface area contributed by atoms with Crippen LogP contribution >= 0.6 is 22.9 Å². The normalized spacial score (nSPS) is 16.1. The predicted octanol–water partition coefficient (Wildman–Crippen LogP) is 3.43. The molecule has 2 heterocycles. The maximum atomic E-state index is 13.1. The smallest absolute Gasteiger partial charge is 0.245 e. The molecule has 1 saturated heterocycles. The lowest BCUT2D eigenvalue weighted by Gasteiger charge is -2.37. The average Bonchev–Trinajstić information content (AvgIpc) is 3.11. The molecule has 1 aromatic heterocycles. The summed E-state index contributed by atoms with van der Waals surface area (Å²) in [5, 5.41) is 2.96. The first-order chi connectivity index (χ1) is 13.9. The Morgan fingerprint density at radius 1 is 1.07 bits per heavy atom. The summed E-state index contributed by atoms with van der Waals surface area (Å²) in [6.45, 7) is 7.81. The molecule has 1 atom stereocenters. The molecular weight excluding hydrogens is 406 g/mol. The van der Waals surface area contributed by atoms with Crippen molar-refractivity contribution in [2.45, 2.75) is 32.9 Å². The Labute approximate surface area is 181 Å². The SMILES string of the molecule is CC(C)C(NC(=O)Cc1ccccc1)C(=O)N1CCN(Cc2ccc(Cl)s2)CC1. The van der Waals surface area contributed by atoms with Gasteiger partial charge in [0.25, 0.3) is 0 Å². The molecule has 0 radical (unpaired) electrons. The topological polar surface area (TPSA) is 52.7 Å². The molecule has 3 rings (SSSR count). The minimum atomic E-state index is -0.492. The summed E-state index contributed by atoms with van der Waals surface area (Å²) >= 11 is 7.61. The molecule has 156 valence electrons. The second-order valence-corrected chi connectivity index (χ2v) is 9.56. The summed E-state index contributed by atoms with van der Waals surface area (Å²) in [5.74, 6) is -0.0646. The van der Waals surface area contributed by atoms with E-state index < -0.39 is 6.04 Å². The van der Waals surface area contributed by atoms with Crippen LogP contribution in [0.5, 0.6) is 0 Å². The van der Waals surface area contributed by atoms with Crippen LogP contribution in [-0.2, 0) is 22.6 Å². The summed E-state index contributed by atoms with van der Waals surface area (Å²) in [6, 6.07) is 13.1. The van der Waals surface area contributed by atoms with E-state index in [9.17, 15) is 9.59 Å². The molecule has 0 spiro atoms. The number of nitrogens with zero attached hydrogens (tertiary/aromatic N) is 2. The molecule has 29 heavy (non-hydrogen) atoms. The molecule has 1 aliphatic heterocycles. The van der Waals surface area contributed by atoms with E-state index in [1.807, 2.05) is 55.1 Å². The molecule has 1 aromatic carbocycles. The van der Waals surface area contributed by atoms with Crippen LogP contribution in [0.25, 0.3) is 0 Å². The van der Waals surface area contributed by atoms with Crippen LogP contribution in [0, 0.1) is 5.92 Å². The summed E-state index contributed by atoms with van der Waals surface area (Å²) in [4.78, 5) is 31.0. The number of amides is 2. The first-order valence-electron chi connectivity index (χ1n) is 10.0. The maximum absolute atomic E-state index is 13.1. The third-order valence-electron chi connectivity index (χ3n) is 5.15. The second-order valence-electron chi connectivity index (χ2n) is 7.76. The Morgan fingerprint density at radius 2 is 1.76 bits per heavy atom. The van der Waals surface area contributed by atoms with E-state index in [0.717, 1.165) is 29.5 Å². The zero-order valence-corrected chi connectivity index (χ0v) is 18.5. The van der Waals surface area contributed by atoms with Gasteiger partial charge in [0.1, 0.15) is 6.04 Å². The van der Waals surface area contributed by atoms with Crippen molar-refractivity contribution >= 4 is 34.8 Å². The molecule has 1 unspecified atom stereocenters. The molecular formula is C22H28ClN3O2S. The van der Waals surface area contributed by atoms with Crippen LogP contribution in [0.3, 0.4) is 0 Å². The van der Waals surface area contributed by atoms with Crippen molar-refractivity contribution in [1.82, 2.24) is 15.1 Å². The van der Waals surface area contributed by atoms with Crippen LogP contribution in [0.4, 0.5) is 0 Å². The van der Waals surface area contributed by atoms with Crippen LogP contribution in [0.15, 0.2) is 42.5 Å². The molecule has 2 amide bonds. The van der Waals surface area contributed by atoms with Gasteiger partial charge in [-0.05, 0) is 23.6 Å². The van der Waals surface area contributed by atoms with Crippen molar-refractivity contribution in [1.29, 1.82) is 0 Å². The fourth-order valence-electron chi connectivity index (χ4n) is 3.50. The maximum Gasteiger partial charge on any atom is 0.245 e. The van der Waals surface area contributed by atoms with Crippen molar-refractivity contribution in [3.05, 3.63) is 57.2 Å². The van der Waals surface area contributed by atoms with Gasteiger partial charge in [-0.15, -0.1) is 11.3 Å². The highest BCUT2D eigenvalue weighted by molar-refractivity contribution is 7.16. The summed E-state index contributed by atoms with van der Waals surface area (Å²) in [7, 11) is 0. The number of carbonyl (C=O) groups is 2. The van der Waals surface area contributed by atoms with Crippen molar-refractivity contribution in [2.75, 3.05) is 26.2 Å². The first kappa shape index (κ1) is 21.8. The lowest BCUT2D eigenvalue weighted by Crippen LogP contribution is -2.56. The largest absolute Gasteiger partial charge is 0.344 e. The highest BCUT2D eigenvalue weighted by Gasteiger charge is 2.30. The molecule has 1 fully saturated rings. The predicted molar refractivity (Wildman–Crippen MR) is 118 cm³/mol. The molecule has 1 aliphatic rings. The first-order valence-corrected chi connectivity index (χ1v) is 11.2. The van der Waals surface area contributed by atoms with E-state index in [1.54, 1.807) is 11.3 Å². The standard InChI is InChI=1S/C22H28ClN3O2S/c1-16(2)21(24-20(27)14-17-6-4-3-5-7-17)22(28)26-12-10-25(11-13-26)15-18-8-9-19(23)29-18/h3-9,16,21H,10-15H2,1-2H3,(H,24,27). The lowest BCUT2D eigenvalue weighted by molar-refractivity contribution is -0.139. The monoisotopic (exact) mass is 433 g/mol. The number of thiophene rings is 1. The highest BCUT2D eigenvalue weighted by atomic mass is 35.5. The van der Waals surface area contributed by atoms with Gasteiger partial charge in [-0.25, -0.2) is 0 Å². The number of benzene rings is 1. The minimum absolute atomic E-state index is 0.0141. The van der Waals surface area contributed by atoms with E-state index >= 15 is 0 Å². The number of rotatable bonds is 7. The number of piperazine rings is 1. The molecule has 5 nitrogen and oxygen atoms in total. The Hall–Kier alpha value is -1.89. The Bertz CT molecular complexity index is 816. The van der Waals surface area contributed by atoms with Crippen molar-refractivity contribution in [3.63, 3.8) is 0 Å². The van der Waals surface area contributed by atoms with E-state index in [2.05, 4.69) is 16.3 Å². The molecule has 0 saturated carbocycles. The van der Waals surface area contributed by atoms with Gasteiger partial charge in [0.05, 0.1) is 10.8 Å². The van der Waals surface area contributed by atoms with Gasteiger partial charge in [0.15, 0.2) is 0 Å². The van der Waals surface area contributed by atoms with E-state index in [0.29, 0.717) is 13.1 Å². The minimum Gasteiger partial charge on any atom is -0.344 e. The van der Waals surface area contributed by atoms with Gasteiger partial charge in [-0.2, -0.15) is 0 Å². The van der Waals surface area contributed by atoms with Gasteiger partial charge in [-0.1, -0.05) is 55.8 Å². The van der Waals surface area contributed by atoms with Gasteiger partial charge in [0.2, 0.25) is 11.8 Å². The third kappa shape index (κ3) is 6.29. The van der Waals surface area contributed by atoms with Crippen LogP contribution in [-0.4, -0.2) is 53.8 Å². The van der Waals surface area contributed by atoms with Crippen LogP contribution < -0.4 is 5.32 Å². The van der Waals surface area contributed by atoms with E-state index in [1.165, 1.54) is 4.88 Å². The number of nitrogens with one attached hydrogen (secondary N) is 1. The number of carbonyl (C=O) groups excluding carboxylic acids is 2. The molecule has 7 heteroatoms. The summed E-state index contributed by atoms with van der Waals surface area (Å²) in [5.41, 5.74) is 0.947. The molecule has 1 N–H and O–H groups in total. The van der Waals surface area contributed by atoms with Crippen molar-refractivity contribution in [2.24, 2.45) is 5.92 Å². The summed E-state index contributed by atoms with van der Waals surface area (Å²) in [6.07, 6.45) is 0.286. The molecule has 0 aliphatic carbocycles. The van der Waals surface area contributed by atoms with E-state index in [-0.39, 0.29) is 24.2 Å². The average molecular weight is 434 g/mol. The third-order valence-corrected chi connectivity index (χ3v) is 6.36. The molecule has 0 bridgehead atoms. The Kier molecular flexibility index (Phi) is 7.70. The van der Waals surface area contributed by atoms with E-state index in [4.69, 9.17) is 11.6 Å². The number of hydrogen-bond donors (Lipinski definition) is 1.